The topological polar surface area (TPSA) is 57.4 Å². The van der Waals surface area contributed by atoms with Crippen molar-refractivity contribution < 1.29 is 9.53 Å². The fourth-order valence-electron chi connectivity index (χ4n) is 3.47. The van der Waals surface area contributed by atoms with Crippen LogP contribution < -0.4 is 5.32 Å². The van der Waals surface area contributed by atoms with Gasteiger partial charge in [-0.2, -0.15) is 0 Å². The summed E-state index contributed by atoms with van der Waals surface area (Å²) >= 11 is 0. The second kappa shape index (κ2) is 7.08. The summed E-state index contributed by atoms with van der Waals surface area (Å²) in [6.07, 6.45) is 2.30. The van der Waals surface area contributed by atoms with E-state index in [0.29, 0.717) is 18.3 Å². The van der Waals surface area contributed by atoms with Crippen molar-refractivity contribution in [2.75, 3.05) is 25.0 Å². The number of H-pyrrole nitrogens is 1. The Labute approximate surface area is 149 Å². The van der Waals surface area contributed by atoms with Crippen LogP contribution in [-0.2, 0) is 4.74 Å². The zero-order valence-corrected chi connectivity index (χ0v) is 15.7. The summed E-state index contributed by atoms with van der Waals surface area (Å²) in [5.41, 5.74) is 2.82. The number of carbonyl (C=O) groups is 1. The third-order valence-electron chi connectivity index (χ3n) is 4.93. The molecular formula is C20H29N3O2. The zero-order chi connectivity index (χ0) is 18.0. The Morgan fingerprint density at radius 2 is 2.00 bits per heavy atom. The van der Waals surface area contributed by atoms with Gasteiger partial charge in [-0.1, -0.05) is 0 Å². The van der Waals surface area contributed by atoms with Gasteiger partial charge in [-0.05, 0) is 64.8 Å². The van der Waals surface area contributed by atoms with Crippen molar-refractivity contribution in [1.29, 1.82) is 0 Å². The highest BCUT2D eigenvalue weighted by Gasteiger charge is 2.26. The van der Waals surface area contributed by atoms with Crippen molar-refractivity contribution in [1.82, 2.24) is 9.88 Å². The first-order valence-electron chi connectivity index (χ1n) is 9.18. The first-order valence-corrected chi connectivity index (χ1v) is 9.18. The maximum Gasteiger partial charge on any atom is 0.354 e. The lowest BCUT2D eigenvalue weighted by Gasteiger charge is -2.41. The van der Waals surface area contributed by atoms with Gasteiger partial charge in [0.05, 0.1) is 6.61 Å². The summed E-state index contributed by atoms with van der Waals surface area (Å²) in [5, 5.41) is 4.68. The minimum absolute atomic E-state index is 0.249. The average molecular weight is 343 g/mol. The molecule has 0 atom stereocenters. The molecule has 0 radical (unpaired) electrons. The molecule has 3 rings (SSSR count). The summed E-state index contributed by atoms with van der Waals surface area (Å²) < 4.78 is 5.06. The lowest BCUT2D eigenvalue weighted by atomic mass is 9.98. The first-order chi connectivity index (χ1) is 11.9. The molecule has 0 unspecified atom stereocenters. The van der Waals surface area contributed by atoms with E-state index in [0.717, 1.165) is 42.5 Å². The Morgan fingerprint density at radius 1 is 1.28 bits per heavy atom. The second-order valence-corrected chi connectivity index (χ2v) is 7.78. The summed E-state index contributed by atoms with van der Waals surface area (Å²) in [6.45, 7) is 11.3. The molecule has 1 aliphatic rings. The molecule has 2 aromatic rings. The number of benzene rings is 1. The van der Waals surface area contributed by atoms with Gasteiger partial charge >= 0.3 is 5.97 Å². The van der Waals surface area contributed by atoms with Crippen LogP contribution in [0.5, 0.6) is 0 Å². The minimum Gasteiger partial charge on any atom is -0.461 e. The first kappa shape index (κ1) is 17.8. The van der Waals surface area contributed by atoms with E-state index in [1.165, 1.54) is 0 Å². The van der Waals surface area contributed by atoms with Crippen LogP contribution in [0.15, 0.2) is 24.3 Å². The van der Waals surface area contributed by atoms with Crippen molar-refractivity contribution in [3.63, 3.8) is 0 Å². The van der Waals surface area contributed by atoms with Crippen LogP contribution in [0.25, 0.3) is 10.9 Å². The number of hydrogen-bond acceptors (Lipinski definition) is 4. The van der Waals surface area contributed by atoms with E-state index in [1.807, 2.05) is 19.1 Å². The fourth-order valence-corrected chi connectivity index (χ4v) is 3.47. The number of aromatic amines is 1. The molecule has 5 heteroatoms. The average Bonchev–Trinajstić information content (AvgIpc) is 2.98. The lowest BCUT2D eigenvalue weighted by Crippen LogP contribution is -2.48. The number of nitrogens with one attached hydrogen (secondary N) is 2. The maximum absolute atomic E-state index is 11.9. The Bertz CT molecular complexity index is 737. The molecule has 1 aliphatic heterocycles. The van der Waals surface area contributed by atoms with Crippen molar-refractivity contribution >= 4 is 22.6 Å². The van der Waals surface area contributed by atoms with E-state index >= 15 is 0 Å². The summed E-state index contributed by atoms with van der Waals surface area (Å²) in [5.74, 6) is -0.303. The molecule has 0 saturated carbocycles. The van der Waals surface area contributed by atoms with Crippen LogP contribution in [0.3, 0.4) is 0 Å². The van der Waals surface area contributed by atoms with Crippen LogP contribution in [0.1, 0.15) is 51.0 Å². The van der Waals surface area contributed by atoms with Crippen LogP contribution >= 0.6 is 0 Å². The van der Waals surface area contributed by atoms with Gasteiger partial charge < -0.3 is 15.0 Å². The Hall–Kier alpha value is -2.01. The van der Waals surface area contributed by atoms with Crippen LogP contribution in [-0.4, -0.2) is 47.1 Å². The monoisotopic (exact) mass is 343 g/mol. The predicted octanol–water partition coefficient (Wildman–Crippen LogP) is 4.02. The number of likely N-dealkylation sites (tertiary alicyclic amines) is 1. The maximum atomic E-state index is 11.9. The van der Waals surface area contributed by atoms with Gasteiger partial charge in [0.2, 0.25) is 0 Å². The fraction of sp³-hybridized carbons (Fsp3) is 0.550. The number of carbonyl (C=O) groups excluding carboxylic acids is 1. The molecule has 1 saturated heterocycles. The summed E-state index contributed by atoms with van der Waals surface area (Å²) in [6, 6.07) is 8.56. The highest BCUT2D eigenvalue weighted by atomic mass is 16.5. The Kier molecular flexibility index (Phi) is 5.04. The number of anilines is 1. The van der Waals surface area contributed by atoms with Crippen molar-refractivity contribution in [3.05, 3.63) is 30.0 Å². The molecule has 2 N–H and O–H groups in total. The van der Waals surface area contributed by atoms with Crippen LogP contribution in [0.2, 0.25) is 0 Å². The largest absolute Gasteiger partial charge is 0.461 e. The second-order valence-electron chi connectivity index (χ2n) is 7.78. The van der Waals surface area contributed by atoms with E-state index in [4.69, 9.17) is 4.74 Å². The molecule has 0 bridgehead atoms. The smallest absolute Gasteiger partial charge is 0.354 e. The lowest BCUT2D eigenvalue weighted by molar-refractivity contribution is 0.0520. The number of ether oxygens (including phenoxy) is 1. The Morgan fingerprint density at radius 3 is 2.64 bits per heavy atom. The van der Waals surface area contributed by atoms with Crippen LogP contribution in [0.4, 0.5) is 5.69 Å². The molecule has 0 spiro atoms. The number of fused-ring (bicyclic) bond motifs is 1. The molecule has 5 nitrogen and oxygen atoms in total. The van der Waals surface area contributed by atoms with Gasteiger partial charge in [0.15, 0.2) is 0 Å². The highest BCUT2D eigenvalue weighted by molar-refractivity contribution is 5.95. The Balaban J connectivity index is 1.65. The van der Waals surface area contributed by atoms with Crippen molar-refractivity contribution in [2.45, 2.75) is 52.1 Å². The quantitative estimate of drug-likeness (QED) is 0.823. The number of piperidine rings is 1. The number of esters is 1. The van der Waals surface area contributed by atoms with E-state index in [1.54, 1.807) is 0 Å². The van der Waals surface area contributed by atoms with Crippen LogP contribution in [0, 0.1) is 0 Å². The van der Waals surface area contributed by atoms with Gasteiger partial charge in [-0.3, -0.25) is 4.90 Å². The van der Waals surface area contributed by atoms with Crippen molar-refractivity contribution in [3.8, 4) is 0 Å². The molecular weight excluding hydrogens is 314 g/mol. The molecule has 2 heterocycles. The van der Waals surface area contributed by atoms with Gasteiger partial charge in [0.1, 0.15) is 5.69 Å². The van der Waals surface area contributed by atoms with E-state index in [9.17, 15) is 4.79 Å². The predicted molar refractivity (Wildman–Crippen MR) is 102 cm³/mol. The third-order valence-corrected chi connectivity index (χ3v) is 4.93. The van der Waals surface area contributed by atoms with Gasteiger partial charge in [-0.25, -0.2) is 4.79 Å². The van der Waals surface area contributed by atoms with E-state index in [2.05, 4.69) is 48.1 Å². The minimum atomic E-state index is -0.303. The normalized spacial score (nSPS) is 17.0. The molecule has 136 valence electrons. The number of hydrogen-bond donors (Lipinski definition) is 2. The summed E-state index contributed by atoms with van der Waals surface area (Å²) in [4.78, 5) is 17.5. The van der Waals surface area contributed by atoms with Gasteiger partial charge in [0, 0.05) is 41.3 Å². The number of rotatable bonds is 4. The van der Waals surface area contributed by atoms with Gasteiger partial charge in [0.25, 0.3) is 0 Å². The molecule has 1 aromatic carbocycles. The highest BCUT2D eigenvalue weighted by Crippen LogP contribution is 2.25. The van der Waals surface area contributed by atoms with Crippen molar-refractivity contribution in [2.24, 2.45) is 0 Å². The van der Waals surface area contributed by atoms with Gasteiger partial charge in [-0.15, -0.1) is 0 Å². The molecule has 25 heavy (non-hydrogen) atoms. The molecule has 1 fully saturated rings. The van der Waals surface area contributed by atoms with E-state index < -0.39 is 0 Å². The number of nitrogens with zero attached hydrogens (tertiary/aromatic N) is 1. The SMILES string of the molecule is CCOC(=O)c1cc2cc(NC3CCN(C(C)(C)C)CC3)ccc2[nH]1. The molecule has 1 aromatic heterocycles. The van der Waals surface area contributed by atoms with E-state index in [-0.39, 0.29) is 11.5 Å². The third kappa shape index (κ3) is 4.15. The number of aromatic nitrogens is 1. The standard InChI is InChI=1S/C20H29N3O2/c1-5-25-19(24)18-13-14-12-16(6-7-17(14)22-18)21-15-8-10-23(11-9-15)20(2,3)4/h6-7,12-13,15,21-22H,5,8-11H2,1-4H3. The molecule has 0 amide bonds. The zero-order valence-electron chi connectivity index (χ0n) is 15.7. The summed E-state index contributed by atoms with van der Waals surface area (Å²) in [7, 11) is 0. The molecule has 0 aliphatic carbocycles.